The molecule has 2 aromatic rings. The molecule has 1 aliphatic heterocycles. The van der Waals surface area contributed by atoms with E-state index in [2.05, 4.69) is 64.6 Å². The lowest BCUT2D eigenvalue weighted by Crippen LogP contribution is -2.37. The van der Waals surface area contributed by atoms with Gasteiger partial charge in [0.05, 0.1) is 11.3 Å². The van der Waals surface area contributed by atoms with E-state index in [0.29, 0.717) is 11.3 Å². The van der Waals surface area contributed by atoms with Gasteiger partial charge in [-0.1, -0.05) is 37.3 Å². The molecular weight excluding hydrogens is 346 g/mol. The van der Waals surface area contributed by atoms with E-state index in [1.807, 2.05) is 23.9 Å². The third kappa shape index (κ3) is 3.28. The molecule has 0 aliphatic carbocycles. The second kappa shape index (κ2) is 6.86. The van der Waals surface area contributed by atoms with E-state index >= 15 is 0 Å². The highest BCUT2D eigenvalue weighted by Crippen LogP contribution is 2.41. The van der Waals surface area contributed by atoms with E-state index in [0.717, 1.165) is 23.4 Å². The Hall–Kier alpha value is -0.970. The van der Waals surface area contributed by atoms with Crippen molar-refractivity contribution in [3.63, 3.8) is 0 Å². The van der Waals surface area contributed by atoms with Crippen LogP contribution < -0.4 is 10.1 Å². The number of halogens is 1. The van der Waals surface area contributed by atoms with E-state index < -0.39 is 0 Å². The third-order valence-electron chi connectivity index (χ3n) is 3.57. The van der Waals surface area contributed by atoms with Crippen molar-refractivity contribution >= 4 is 27.7 Å². The van der Waals surface area contributed by atoms with Gasteiger partial charge >= 0.3 is 0 Å². The summed E-state index contributed by atoms with van der Waals surface area (Å²) >= 11 is 5.50. The van der Waals surface area contributed by atoms with Crippen LogP contribution in [0, 0.1) is 0 Å². The Morgan fingerprint density at radius 3 is 2.76 bits per heavy atom. The van der Waals surface area contributed by atoms with Crippen LogP contribution in [0.2, 0.25) is 0 Å². The maximum Gasteiger partial charge on any atom is 0.124 e. The molecule has 0 bridgehead atoms. The average Bonchev–Trinajstić information content (AvgIpc) is 2.52. The SMILES string of the molecule is CCNC1c2ccccc2OCC1Sc1ccccc1Br. The van der Waals surface area contributed by atoms with Crippen LogP contribution in [0.3, 0.4) is 0 Å². The molecule has 2 unspecified atom stereocenters. The van der Waals surface area contributed by atoms with Crippen molar-refractivity contribution in [2.24, 2.45) is 0 Å². The van der Waals surface area contributed by atoms with Crippen LogP contribution >= 0.6 is 27.7 Å². The summed E-state index contributed by atoms with van der Waals surface area (Å²) in [6.07, 6.45) is 0. The van der Waals surface area contributed by atoms with Gasteiger partial charge in [0.15, 0.2) is 0 Å². The fourth-order valence-corrected chi connectivity index (χ4v) is 4.35. The van der Waals surface area contributed by atoms with Crippen molar-refractivity contribution in [3.05, 3.63) is 58.6 Å². The van der Waals surface area contributed by atoms with Gasteiger partial charge in [-0.2, -0.15) is 0 Å². The lowest BCUT2D eigenvalue weighted by Gasteiger charge is -2.33. The molecule has 0 amide bonds. The zero-order chi connectivity index (χ0) is 14.7. The van der Waals surface area contributed by atoms with Crippen LogP contribution in [0.25, 0.3) is 0 Å². The summed E-state index contributed by atoms with van der Waals surface area (Å²) < 4.78 is 7.09. The van der Waals surface area contributed by atoms with Gasteiger partial charge in [-0.05, 0) is 40.7 Å². The molecule has 1 heterocycles. The predicted octanol–water partition coefficient (Wildman–Crippen LogP) is 4.65. The summed E-state index contributed by atoms with van der Waals surface area (Å²) in [6.45, 7) is 3.82. The summed E-state index contributed by atoms with van der Waals surface area (Å²) in [5, 5.41) is 3.97. The molecule has 21 heavy (non-hydrogen) atoms. The van der Waals surface area contributed by atoms with Gasteiger partial charge in [0.1, 0.15) is 12.4 Å². The number of para-hydroxylation sites is 1. The second-order valence-electron chi connectivity index (χ2n) is 4.97. The Balaban J connectivity index is 1.87. The molecule has 1 aliphatic rings. The highest BCUT2D eigenvalue weighted by Gasteiger charge is 2.31. The zero-order valence-corrected chi connectivity index (χ0v) is 14.3. The molecule has 0 saturated heterocycles. The van der Waals surface area contributed by atoms with Gasteiger partial charge in [0.2, 0.25) is 0 Å². The number of ether oxygens (including phenoxy) is 1. The molecule has 2 nitrogen and oxygen atoms in total. The van der Waals surface area contributed by atoms with Gasteiger partial charge in [-0.25, -0.2) is 0 Å². The first-order chi connectivity index (χ1) is 10.3. The first-order valence-electron chi connectivity index (χ1n) is 7.16. The van der Waals surface area contributed by atoms with E-state index in [1.165, 1.54) is 10.5 Å². The van der Waals surface area contributed by atoms with Gasteiger partial charge in [0.25, 0.3) is 0 Å². The maximum atomic E-state index is 5.95. The molecule has 110 valence electrons. The molecule has 0 saturated carbocycles. The topological polar surface area (TPSA) is 21.3 Å². The average molecular weight is 364 g/mol. The minimum absolute atomic E-state index is 0.317. The molecule has 0 spiro atoms. The minimum Gasteiger partial charge on any atom is -0.492 e. The van der Waals surface area contributed by atoms with E-state index in [-0.39, 0.29) is 0 Å². The first-order valence-corrected chi connectivity index (χ1v) is 8.83. The van der Waals surface area contributed by atoms with Gasteiger partial charge in [0, 0.05) is 14.9 Å². The first kappa shape index (κ1) is 14.9. The van der Waals surface area contributed by atoms with Crippen LogP contribution in [0.15, 0.2) is 57.9 Å². The zero-order valence-electron chi connectivity index (χ0n) is 11.9. The quantitative estimate of drug-likeness (QED) is 0.853. The molecule has 0 fully saturated rings. The molecule has 1 N–H and O–H groups in total. The standard InChI is InChI=1S/C17H18BrNOS/c1-2-19-17-12-7-3-5-9-14(12)20-11-16(17)21-15-10-6-4-8-13(15)18/h3-10,16-17,19H,2,11H2,1H3. The van der Waals surface area contributed by atoms with Crippen LogP contribution in [-0.4, -0.2) is 18.4 Å². The van der Waals surface area contributed by atoms with Crippen LogP contribution in [0.4, 0.5) is 0 Å². The Bertz CT molecular complexity index is 619. The van der Waals surface area contributed by atoms with Crippen molar-refractivity contribution in [1.29, 1.82) is 0 Å². The van der Waals surface area contributed by atoms with Gasteiger partial charge in [-0.3, -0.25) is 0 Å². The largest absolute Gasteiger partial charge is 0.492 e. The number of fused-ring (bicyclic) bond motifs is 1. The summed E-state index contributed by atoms with van der Waals surface area (Å²) in [6, 6.07) is 17.0. The fourth-order valence-electron chi connectivity index (χ4n) is 2.60. The van der Waals surface area contributed by atoms with E-state index in [4.69, 9.17) is 4.74 Å². The highest BCUT2D eigenvalue weighted by atomic mass is 79.9. The number of rotatable bonds is 4. The van der Waals surface area contributed by atoms with Crippen molar-refractivity contribution in [2.45, 2.75) is 23.1 Å². The Kier molecular flexibility index (Phi) is 4.88. The minimum atomic E-state index is 0.317. The second-order valence-corrected chi connectivity index (χ2v) is 7.11. The number of hydrogen-bond donors (Lipinski definition) is 1. The fraction of sp³-hybridized carbons (Fsp3) is 0.294. The van der Waals surface area contributed by atoms with Gasteiger partial charge < -0.3 is 10.1 Å². The molecular formula is C17H18BrNOS. The number of thioether (sulfide) groups is 1. The van der Waals surface area contributed by atoms with Crippen molar-refractivity contribution in [1.82, 2.24) is 5.32 Å². The number of benzene rings is 2. The monoisotopic (exact) mass is 363 g/mol. The number of hydrogen-bond acceptors (Lipinski definition) is 3. The summed E-state index contributed by atoms with van der Waals surface area (Å²) in [7, 11) is 0. The van der Waals surface area contributed by atoms with Gasteiger partial charge in [-0.15, -0.1) is 11.8 Å². The lowest BCUT2D eigenvalue weighted by molar-refractivity contribution is 0.261. The van der Waals surface area contributed by atoms with Crippen molar-refractivity contribution in [3.8, 4) is 5.75 Å². The molecule has 0 radical (unpaired) electrons. The molecule has 3 rings (SSSR count). The summed E-state index contributed by atoms with van der Waals surface area (Å²) in [5.74, 6) is 1.01. The Labute approximate surface area is 138 Å². The predicted molar refractivity (Wildman–Crippen MR) is 92.1 cm³/mol. The number of nitrogens with one attached hydrogen (secondary N) is 1. The van der Waals surface area contributed by atoms with Crippen LogP contribution in [0.5, 0.6) is 5.75 Å². The molecule has 0 aromatic heterocycles. The van der Waals surface area contributed by atoms with Crippen molar-refractivity contribution < 1.29 is 4.74 Å². The lowest BCUT2D eigenvalue weighted by atomic mass is 10.0. The van der Waals surface area contributed by atoms with E-state index in [1.54, 1.807) is 0 Å². The molecule has 2 atom stereocenters. The Morgan fingerprint density at radius 2 is 1.95 bits per heavy atom. The van der Waals surface area contributed by atoms with Crippen LogP contribution in [-0.2, 0) is 0 Å². The smallest absolute Gasteiger partial charge is 0.124 e. The summed E-state index contributed by atoms with van der Waals surface area (Å²) in [5.41, 5.74) is 1.26. The van der Waals surface area contributed by atoms with E-state index in [9.17, 15) is 0 Å². The normalized spacial score (nSPS) is 20.7. The maximum absolute atomic E-state index is 5.95. The van der Waals surface area contributed by atoms with Crippen molar-refractivity contribution in [2.75, 3.05) is 13.2 Å². The molecule has 4 heteroatoms. The van der Waals surface area contributed by atoms with Crippen LogP contribution in [0.1, 0.15) is 18.5 Å². The third-order valence-corrected chi connectivity index (χ3v) is 5.84. The summed E-state index contributed by atoms with van der Waals surface area (Å²) in [4.78, 5) is 1.26. The molecule has 2 aromatic carbocycles. The highest BCUT2D eigenvalue weighted by molar-refractivity contribution is 9.10. The Morgan fingerprint density at radius 1 is 1.19 bits per heavy atom.